The number of fused-ring (bicyclic) bond motifs is 12. The number of aromatic amines is 4. The van der Waals surface area contributed by atoms with E-state index in [1.165, 1.54) is 17.6 Å². The van der Waals surface area contributed by atoms with Gasteiger partial charge in [-0.3, -0.25) is 0 Å². The number of pyridine rings is 4. The maximum absolute atomic E-state index is 12.0. The van der Waals surface area contributed by atoms with Gasteiger partial charge in [0.25, 0.3) is 0 Å². The Bertz CT molecular complexity index is 4960. The Morgan fingerprint density at radius 2 is 0.833 bits per heavy atom. The number of amides is 2. The summed E-state index contributed by atoms with van der Waals surface area (Å²) in [7, 11) is 0. The molecule has 12 rings (SSSR count). The highest BCUT2D eigenvalue weighted by molar-refractivity contribution is 6.33. The zero-order chi connectivity index (χ0) is 64.6. The predicted octanol–water partition coefficient (Wildman–Crippen LogP) is 10.2. The molecule has 0 atom stereocenters. The topological polar surface area (TPSA) is 329 Å². The molecular weight excluding hydrogens is 1240 g/mol. The third kappa shape index (κ3) is 15.6. The molecule has 0 radical (unpaired) electrons. The lowest BCUT2D eigenvalue weighted by atomic mass is 10.0. The van der Waals surface area contributed by atoms with Crippen molar-refractivity contribution in [2.75, 3.05) is 26.2 Å². The summed E-state index contributed by atoms with van der Waals surface area (Å²) in [4.78, 5) is 70.7. The van der Waals surface area contributed by atoms with Gasteiger partial charge >= 0.3 is 34.9 Å². The first kappa shape index (κ1) is 65.2. The summed E-state index contributed by atoms with van der Waals surface area (Å²) in [5.74, 6) is 0. The molecule has 0 aliphatic carbocycles. The van der Waals surface area contributed by atoms with Crippen LogP contribution in [0.5, 0.6) is 0 Å². The second-order valence-corrected chi connectivity index (χ2v) is 24.2. The van der Waals surface area contributed by atoms with Crippen LogP contribution in [0.1, 0.15) is 76.6 Å². The molecule has 8 aromatic heterocycles. The fourth-order valence-electron chi connectivity index (χ4n) is 9.77. The molecule has 4 aromatic carbocycles. The van der Waals surface area contributed by atoms with Gasteiger partial charge in [-0.05, 0) is 166 Å². The Morgan fingerprint density at radius 3 is 1.21 bits per heavy atom. The van der Waals surface area contributed by atoms with Gasteiger partial charge in [-0.2, -0.15) is 20.4 Å². The molecule has 90 heavy (non-hydrogen) atoms. The zero-order valence-corrected chi connectivity index (χ0v) is 52.7. The van der Waals surface area contributed by atoms with Gasteiger partial charge in [0.1, 0.15) is 11.2 Å². The van der Waals surface area contributed by atoms with E-state index in [1.54, 1.807) is 69.7 Å². The lowest BCUT2D eigenvalue weighted by molar-refractivity contribution is 0.0518. The molecule has 2 amide bonds. The molecule has 0 aliphatic rings. The van der Waals surface area contributed by atoms with E-state index >= 15 is 0 Å². The normalized spacial score (nSPS) is 11.9. The maximum Gasteiger partial charge on any atom is 0.407 e. The quantitative estimate of drug-likeness (QED) is 0.0528. The second kappa shape index (κ2) is 28.0. The average molecular weight is 1300 g/mol. The minimum Gasteiger partial charge on any atom is -0.444 e. The summed E-state index contributed by atoms with van der Waals surface area (Å²) in [5, 5.41) is 41.0. The van der Waals surface area contributed by atoms with Crippen LogP contribution in [0.25, 0.3) is 77.8 Å². The number of alkyl carbamates (subject to hydrolysis) is 2. The lowest BCUT2D eigenvalue weighted by Crippen LogP contribution is -2.33. The Labute approximate surface area is 531 Å². The number of rotatable bonds is 12. The van der Waals surface area contributed by atoms with Crippen molar-refractivity contribution in [2.24, 2.45) is 11.5 Å². The predicted molar refractivity (Wildman–Crippen MR) is 355 cm³/mol. The Kier molecular flexibility index (Phi) is 20.3. The zero-order valence-electron chi connectivity index (χ0n) is 49.7. The van der Waals surface area contributed by atoms with E-state index in [9.17, 15) is 28.8 Å². The van der Waals surface area contributed by atoms with Gasteiger partial charge in [-0.25, -0.2) is 66.8 Å². The Morgan fingerprint density at radius 1 is 0.489 bits per heavy atom. The highest BCUT2D eigenvalue weighted by atomic mass is 35.5. The average Bonchev–Trinajstić information content (AvgIpc) is 1.69. The van der Waals surface area contributed by atoms with Gasteiger partial charge < -0.3 is 31.6 Å². The molecule has 0 saturated heterocycles. The largest absolute Gasteiger partial charge is 0.444 e. The number of aromatic nitrogens is 12. The number of aryl methyl sites for hydroxylation is 2. The summed E-state index contributed by atoms with van der Waals surface area (Å²) in [6.45, 7) is 12.7. The number of halogens is 4. The minimum atomic E-state index is -0.545. The smallest absolute Gasteiger partial charge is 0.407 e. The van der Waals surface area contributed by atoms with Crippen LogP contribution in [0.2, 0.25) is 20.1 Å². The summed E-state index contributed by atoms with van der Waals surface area (Å²) in [5.41, 5.74) is 14.8. The first-order valence-electron chi connectivity index (χ1n) is 28.3. The van der Waals surface area contributed by atoms with Crippen LogP contribution in [0, 0.1) is 0 Å². The summed E-state index contributed by atoms with van der Waals surface area (Å²) >= 11 is 24.2. The van der Waals surface area contributed by atoms with Crippen LogP contribution in [0.15, 0.2) is 129 Å². The van der Waals surface area contributed by atoms with Gasteiger partial charge in [-0.1, -0.05) is 95.0 Å². The van der Waals surface area contributed by atoms with Crippen molar-refractivity contribution >= 4 is 136 Å². The van der Waals surface area contributed by atoms with E-state index in [0.29, 0.717) is 81.7 Å². The first-order valence-corrected chi connectivity index (χ1v) is 29.8. The molecule has 10 N–H and O–H groups in total. The number of benzene rings is 4. The van der Waals surface area contributed by atoms with Crippen LogP contribution in [0.3, 0.4) is 0 Å². The fraction of sp³-hybridized carbons (Fsp3) is 0.258. The van der Waals surface area contributed by atoms with Crippen molar-refractivity contribution < 1.29 is 19.1 Å². The molecule has 468 valence electrons. The van der Waals surface area contributed by atoms with E-state index in [1.807, 2.05) is 93.7 Å². The maximum atomic E-state index is 12.0. The monoisotopic (exact) mass is 1300 g/mol. The highest BCUT2D eigenvalue weighted by Gasteiger charge is 2.19. The Balaban J connectivity index is 0.000000144. The van der Waals surface area contributed by atoms with Crippen LogP contribution in [0.4, 0.5) is 9.59 Å². The van der Waals surface area contributed by atoms with E-state index in [4.69, 9.17) is 67.3 Å². The first-order chi connectivity index (χ1) is 42.9. The molecule has 8 heterocycles. The van der Waals surface area contributed by atoms with Gasteiger partial charge in [0, 0.05) is 86.1 Å². The molecule has 0 aliphatic heterocycles. The number of ether oxygens (including phenoxy) is 2. The number of nitrogens with one attached hydrogen (secondary N) is 6. The van der Waals surface area contributed by atoms with Crippen molar-refractivity contribution in [2.45, 2.75) is 78.4 Å². The molecule has 0 fully saturated rings. The van der Waals surface area contributed by atoms with Crippen molar-refractivity contribution in [3.63, 3.8) is 0 Å². The van der Waals surface area contributed by atoms with Gasteiger partial charge in [0.15, 0.2) is 22.6 Å². The van der Waals surface area contributed by atoms with Crippen LogP contribution in [-0.4, -0.2) is 108 Å². The van der Waals surface area contributed by atoms with Gasteiger partial charge in [-0.15, -0.1) is 0 Å². The molecule has 0 bridgehead atoms. The number of nitrogens with zero attached hydrogens (tertiary/aromatic N) is 8. The molecule has 28 heteroatoms. The van der Waals surface area contributed by atoms with Gasteiger partial charge in [0.2, 0.25) is 0 Å². The molecule has 0 unspecified atom stereocenters. The Hall–Kier alpha value is -9.30. The van der Waals surface area contributed by atoms with Crippen molar-refractivity contribution in [3.05, 3.63) is 194 Å². The molecule has 12 aromatic rings. The minimum absolute atomic E-state index is 0.245. The second-order valence-electron chi connectivity index (χ2n) is 22.5. The SMILES string of the molecule is CC(C)(C)OC(=O)NC/C=C/c1cn2c(=O)[nH]nc2c2cc(Cl)ccc12.CC(C)(C)OC(=O)NCCCc1cn2c(=O)[nH]nc2c2cc(Cl)ccc12.NC/C=C/c1cn2c(=O)[nH]nc2c2cc(Cl)ccc12.NCCCc1cn2c(=O)[nH]nc2c2cc(Cl)ccc12. The van der Waals surface area contributed by atoms with Gasteiger partial charge in [0.05, 0.1) is 0 Å². The van der Waals surface area contributed by atoms with Crippen molar-refractivity contribution in [1.82, 2.24) is 69.0 Å². The standard InChI is InChI=1S/C18H21ClN4O3.C18H19ClN4O3.C13H13ClN4O.C13H11ClN4O/c2*1-18(2,3)26-17(25)20-8-4-5-11-10-23-15(21-22-16(23)24)14-9-12(19)6-7-13(11)14;2*14-9-3-4-10-8(2-1-5-15)7-18-12(11(10)6-9)16-17-13(18)19/h6-7,9-10H,4-5,8H2,1-3H3,(H,20,25)(H,22,24);4-7,9-10H,8H2,1-3H3,(H,20,25)(H,22,24);3-4,6-7H,1-2,5,15H2,(H,17,19);1-4,6-7H,5,15H2,(H,17,19)/b;5-4+;;2-1+. The number of nitrogens with two attached hydrogens (primary N) is 2. The van der Waals surface area contributed by atoms with Crippen molar-refractivity contribution in [1.29, 1.82) is 0 Å². The number of H-pyrrole nitrogens is 4. The van der Waals surface area contributed by atoms with E-state index in [-0.39, 0.29) is 22.8 Å². The van der Waals surface area contributed by atoms with E-state index in [2.05, 4.69) is 51.4 Å². The van der Waals surface area contributed by atoms with Crippen LogP contribution in [-0.2, 0) is 22.3 Å². The number of carbonyl (C=O) groups is 2. The number of hydrogen-bond donors (Lipinski definition) is 8. The summed E-state index contributed by atoms with van der Waals surface area (Å²) in [6, 6.07) is 22.1. The molecule has 0 saturated carbocycles. The van der Waals surface area contributed by atoms with E-state index in [0.717, 1.165) is 78.2 Å². The highest BCUT2D eigenvalue weighted by Crippen LogP contribution is 2.30. The van der Waals surface area contributed by atoms with Crippen LogP contribution >= 0.6 is 46.4 Å². The number of carbonyl (C=O) groups excluding carboxylic acids is 2. The van der Waals surface area contributed by atoms with Crippen LogP contribution < -0.4 is 44.9 Å². The molecule has 24 nitrogen and oxygen atoms in total. The third-order valence-electron chi connectivity index (χ3n) is 13.6. The van der Waals surface area contributed by atoms with Crippen molar-refractivity contribution in [3.8, 4) is 0 Å². The lowest BCUT2D eigenvalue weighted by Gasteiger charge is -2.19. The summed E-state index contributed by atoms with van der Waals surface area (Å²) in [6.07, 6.45) is 16.5. The summed E-state index contributed by atoms with van der Waals surface area (Å²) < 4.78 is 16.3. The fourth-order valence-corrected chi connectivity index (χ4v) is 10.5. The molecular formula is C62H64Cl4N16O8. The van der Waals surface area contributed by atoms with E-state index < -0.39 is 23.4 Å². The molecule has 0 spiro atoms. The number of hydrogen-bond acceptors (Lipinski definition) is 14. The third-order valence-corrected chi connectivity index (χ3v) is 14.5.